The van der Waals surface area contributed by atoms with Crippen molar-refractivity contribution in [3.8, 4) is 0 Å². The van der Waals surface area contributed by atoms with E-state index >= 15 is 0 Å². The molecule has 0 aromatic carbocycles. The zero-order valence-corrected chi connectivity index (χ0v) is 9.33. The van der Waals surface area contributed by atoms with E-state index in [4.69, 9.17) is 0 Å². The Hall–Kier alpha value is -0.790. The van der Waals surface area contributed by atoms with Crippen molar-refractivity contribution in [3.63, 3.8) is 0 Å². The molecule has 0 aromatic heterocycles. The highest BCUT2D eigenvalue weighted by atomic mass is 16.2. The van der Waals surface area contributed by atoms with Crippen molar-refractivity contribution in [3.05, 3.63) is 12.7 Å². The Labute approximate surface area is 87.0 Å². The Morgan fingerprint density at radius 2 is 2.36 bits per heavy atom. The van der Waals surface area contributed by atoms with Crippen LogP contribution in [0.3, 0.4) is 0 Å². The van der Waals surface area contributed by atoms with Gasteiger partial charge in [0.2, 0.25) is 5.91 Å². The fourth-order valence-corrected chi connectivity index (χ4v) is 2.25. The topological polar surface area (TPSA) is 20.3 Å². The van der Waals surface area contributed by atoms with E-state index in [-0.39, 0.29) is 5.91 Å². The summed E-state index contributed by atoms with van der Waals surface area (Å²) in [6.07, 6.45) is 5.09. The van der Waals surface area contributed by atoms with Crippen LogP contribution in [0.15, 0.2) is 12.7 Å². The molecule has 1 fully saturated rings. The van der Waals surface area contributed by atoms with Gasteiger partial charge < -0.3 is 4.90 Å². The molecule has 2 nitrogen and oxygen atoms in total. The van der Waals surface area contributed by atoms with E-state index in [1.807, 2.05) is 4.90 Å². The van der Waals surface area contributed by atoms with E-state index in [0.29, 0.717) is 5.92 Å². The highest BCUT2D eigenvalue weighted by molar-refractivity contribution is 5.87. The van der Waals surface area contributed by atoms with Gasteiger partial charge in [0.25, 0.3) is 0 Å². The normalized spacial score (nSPS) is 22.5. The molecule has 0 aliphatic carbocycles. The third-order valence-electron chi connectivity index (χ3n) is 2.81. The number of carbonyl (C=O) groups excluding carboxylic acids is 1. The standard InChI is InChI=1S/C12H21NO/c1-4-12(14)13-7-5-6-11(9-13)8-10(2)3/h4,10-11H,1,5-9H2,2-3H3/t11-/m1/s1. The van der Waals surface area contributed by atoms with Crippen LogP contribution < -0.4 is 0 Å². The molecule has 0 unspecified atom stereocenters. The molecule has 1 aliphatic rings. The van der Waals surface area contributed by atoms with E-state index in [9.17, 15) is 4.79 Å². The zero-order chi connectivity index (χ0) is 10.6. The van der Waals surface area contributed by atoms with Gasteiger partial charge in [-0.1, -0.05) is 20.4 Å². The first-order valence-electron chi connectivity index (χ1n) is 5.54. The van der Waals surface area contributed by atoms with Crippen molar-refractivity contribution < 1.29 is 4.79 Å². The molecule has 1 aliphatic heterocycles. The molecule has 2 heteroatoms. The van der Waals surface area contributed by atoms with Gasteiger partial charge in [-0.15, -0.1) is 0 Å². The quantitative estimate of drug-likeness (QED) is 0.633. The minimum Gasteiger partial charge on any atom is -0.339 e. The molecule has 80 valence electrons. The van der Waals surface area contributed by atoms with E-state index < -0.39 is 0 Å². The second kappa shape index (κ2) is 5.18. The number of hydrogen-bond acceptors (Lipinski definition) is 1. The molecular formula is C12H21NO. The highest BCUT2D eigenvalue weighted by Gasteiger charge is 2.22. The van der Waals surface area contributed by atoms with Crippen molar-refractivity contribution in [1.82, 2.24) is 4.90 Å². The van der Waals surface area contributed by atoms with E-state index in [1.165, 1.54) is 18.9 Å². The Kier molecular flexibility index (Phi) is 4.18. The molecule has 14 heavy (non-hydrogen) atoms. The van der Waals surface area contributed by atoms with Crippen LogP contribution in [0, 0.1) is 11.8 Å². The summed E-state index contributed by atoms with van der Waals surface area (Å²) in [4.78, 5) is 13.3. The van der Waals surface area contributed by atoms with Gasteiger partial charge in [-0.05, 0) is 37.2 Å². The zero-order valence-electron chi connectivity index (χ0n) is 9.33. The summed E-state index contributed by atoms with van der Waals surface area (Å²) in [5, 5.41) is 0. The number of piperidine rings is 1. The van der Waals surface area contributed by atoms with Gasteiger partial charge in [0.05, 0.1) is 0 Å². The summed E-state index contributed by atoms with van der Waals surface area (Å²) in [5.41, 5.74) is 0. The summed E-state index contributed by atoms with van der Waals surface area (Å²) < 4.78 is 0. The van der Waals surface area contributed by atoms with Crippen molar-refractivity contribution in [1.29, 1.82) is 0 Å². The van der Waals surface area contributed by atoms with Gasteiger partial charge in [-0.2, -0.15) is 0 Å². The first kappa shape index (κ1) is 11.3. The van der Waals surface area contributed by atoms with Crippen LogP contribution in [0.4, 0.5) is 0 Å². The lowest BCUT2D eigenvalue weighted by Crippen LogP contribution is -2.39. The average Bonchev–Trinajstić information content (AvgIpc) is 2.16. The molecule has 0 spiro atoms. The molecule has 1 rings (SSSR count). The van der Waals surface area contributed by atoms with Gasteiger partial charge in [-0.25, -0.2) is 0 Å². The Morgan fingerprint density at radius 3 is 2.93 bits per heavy atom. The lowest BCUT2D eigenvalue weighted by atomic mass is 9.90. The van der Waals surface area contributed by atoms with Gasteiger partial charge in [0, 0.05) is 13.1 Å². The summed E-state index contributed by atoms with van der Waals surface area (Å²) in [5.74, 6) is 1.53. The van der Waals surface area contributed by atoms with E-state index in [2.05, 4.69) is 20.4 Å². The fraction of sp³-hybridized carbons (Fsp3) is 0.750. The number of nitrogens with zero attached hydrogens (tertiary/aromatic N) is 1. The first-order valence-corrected chi connectivity index (χ1v) is 5.54. The maximum Gasteiger partial charge on any atom is 0.245 e. The van der Waals surface area contributed by atoms with Crippen LogP contribution in [0.5, 0.6) is 0 Å². The largest absolute Gasteiger partial charge is 0.339 e. The van der Waals surface area contributed by atoms with Gasteiger partial charge >= 0.3 is 0 Å². The van der Waals surface area contributed by atoms with E-state index in [0.717, 1.165) is 25.4 Å². The molecule has 0 bridgehead atoms. The monoisotopic (exact) mass is 195 g/mol. The molecule has 1 heterocycles. The van der Waals surface area contributed by atoms with Gasteiger partial charge in [0.15, 0.2) is 0 Å². The molecular weight excluding hydrogens is 174 g/mol. The number of likely N-dealkylation sites (tertiary alicyclic amines) is 1. The second-order valence-corrected chi connectivity index (χ2v) is 4.63. The smallest absolute Gasteiger partial charge is 0.245 e. The molecule has 0 saturated carbocycles. The van der Waals surface area contributed by atoms with Crippen LogP contribution in [0.25, 0.3) is 0 Å². The molecule has 1 amide bonds. The summed E-state index contributed by atoms with van der Waals surface area (Å²) in [6, 6.07) is 0. The maximum absolute atomic E-state index is 11.4. The minimum absolute atomic E-state index is 0.0958. The second-order valence-electron chi connectivity index (χ2n) is 4.63. The lowest BCUT2D eigenvalue weighted by Gasteiger charge is -2.32. The first-order chi connectivity index (χ1) is 6.63. The number of rotatable bonds is 3. The van der Waals surface area contributed by atoms with Crippen LogP contribution in [-0.2, 0) is 4.79 Å². The third kappa shape index (κ3) is 3.17. The predicted molar refractivity (Wildman–Crippen MR) is 59.0 cm³/mol. The Balaban J connectivity index is 2.43. The van der Waals surface area contributed by atoms with Crippen LogP contribution in [0.1, 0.15) is 33.1 Å². The summed E-state index contributed by atoms with van der Waals surface area (Å²) >= 11 is 0. The minimum atomic E-state index is 0.0958. The van der Waals surface area contributed by atoms with Crippen LogP contribution in [0.2, 0.25) is 0 Å². The van der Waals surface area contributed by atoms with E-state index in [1.54, 1.807) is 0 Å². The molecule has 1 atom stereocenters. The third-order valence-corrected chi connectivity index (χ3v) is 2.81. The Bertz CT molecular complexity index is 210. The molecule has 0 aromatic rings. The molecule has 0 radical (unpaired) electrons. The summed E-state index contributed by atoms with van der Waals surface area (Å²) in [6.45, 7) is 9.87. The van der Waals surface area contributed by atoms with Crippen LogP contribution >= 0.6 is 0 Å². The fourth-order valence-electron chi connectivity index (χ4n) is 2.25. The van der Waals surface area contributed by atoms with Crippen molar-refractivity contribution in [2.45, 2.75) is 33.1 Å². The highest BCUT2D eigenvalue weighted by Crippen LogP contribution is 2.23. The van der Waals surface area contributed by atoms with Crippen molar-refractivity contribution >= 4 is 5.91 Å². The molecule has 1 saturated heterocycles. The summed E-state index contributed by atoms with van der Waals surface area (Å²) in [7, 11) is 0. The van der Waals surface area contributed by atoms with Gasteiger partial charge in [0.1, 0.15) is 0 Å². The maximum atomic E-state index is 11.4. The number of carbonyl (C=O) groups is 1. The molecule has 0 N–H and O–H groups in total. The predicted octanol–water partition coefficient (Wildman–Crippen LogP) is 2.46. The van der Waals surface area contributed by atoms with Gasteiger partial charge in [-0.3, -0.25) is 4.79 Å². The SMILES string of the molecule is C=CC(=O)N1CCC[C@H](CC(C)C)C1. The van der Waals surface area contributed by atoms with Crippen LogP contribution in [-0.4, -0.2) is 23.9 Å². The lowest BCUT2D eigenvalue weighted by molar-refractivity contribution is -0.127. The Morgan fingerprint density at radius 1 is 1.64 bits per heavy atom. The number of hydrogen-bond donors (Lipinski definition) is 0. The number of amides is 1. The average molecular weight is 195 g/mol. The van der Waals surface area contributed by atoms with Crippen molar-refractivity contribution in [2.24, 2.45) is 11.8 Å². The van der Waals surface area contributed by atoms with Crippen molar-refractivity contribution in [2.75, 3.05) is 13.1 Å².